The fourth-order valence-corrected chi connectivity index (χ4v) is 2.56. The molecule has 0 heterocycles. The van der Waals surface area contributed by atoms with Crippen LogP contribution in [-0.4, -0.2) is 52.8 Å². The first-order valence-corrected chi connectivity index (χ1v) is 9.30. The number of ether oxygens (including phenoxy) is 3. The minimum absolute atomic E-state index is 0. The van der Waals surface area contributed by atoms with Gasteiger partial charge in [0.15, 0.2) is 17.5 Å². The highest BCUT2D eigenvalue weighted by Gasteiger charge is 2.07. The second-order valence-corrected chi connectivity index (χ2v) is 5.94. The number of methoxy groups -OCH3 is 3. The fraction of sp³-hybridized carbons (Fsp3) is 0.333. The summed E-state index contributed by atoms with van der Waals surface area (Å²) in [6.45, 7) is 3.50. The molecule has 0 atom stereocenters. The first-order valence-electron chi connectivity index (χ1n) is 9.30. The van der Waals surface area contributed by atoms with Crippen LogP contribution in [-0.2, 0) is 0 Å². The van der Waals surface area contributed by atoms with Crippen molar-refractivity contribution in [3.05, 3.63) is 48.0 Å². The Bertz CT molecular complexity index is 846. The number of guanidine groups is 1. The maximum absolute atomic E-state index is 12.2. The average molecular weight is 528 g/mol. The predicted molar refractivity (Wildman–Crippen MR) is 130 cm³/mol. The molecule has 0 aliphatic carbocycles. The van der Waals surface area contributed by atoms with E-state index in [1.54, 1.807) is 45.6 Å². The summed E-state index contributed by atoms with van der Waals surface area (Å²) in [5.41, 5.74) is 1.35. The highest BCUT2D eigenvalue weighted by Crippen LogP contribution is 2.29. The number of rotatable bonds is 9. The number of carbonyl (C=O) groups excluding carboxylic acids is 1. The molecule has 2 aromatic rings. The van der Waals surface area contributed by atoms with Crippen LogP contribution in [0.15, 0.2) is 47.5 Å². The van der Waals surface area contributed by atoms with Crippen LogP contribution in [0.4, 0.5) is 5.69 Å². The Morgan fingerprint density at radius 2 is 1.73 bits per heavy atom. The number of halogens is 1. The Balaban J connectivity index is 0.00000450. The molecule has 3 N–H and O–H groups in total. The summed E-state index contributed by atoms with van der Waals surface area (Å²) in [5.74, 6) is 2.36. The number of nitrogens with zero attached hydrogens (tertiary/aromatic N) is 1. The lowest BCUT2D eigenvalue weighted by atomic mass is 10.2. The molecule has 2 rings (SSSR count). The maximum Gasteiger partial charge on any atom is 0.251 e. The Hall–Kier alpha value is -2.69. The van der Waals surface area contributed by atoms with Crippen LogP contribution in [0.25, 0.3) is 0 Å². The molecule has 0 fully saturated rings. The molecule has 0 spiro atoms. The van der Waals surface area contributed by atoms with Crippen LogP contribution in [0.1, 0.15) is 17.3 Å². The van der Waals surface area contributed by atoms with Crippen LogP contribution < -0.4 is 30.2 Å². The lowest BCUT2D eigenvalue weighted by Gasteiger charge is -2.14. The molecule has 0 aliphatic rings. The maximum atomic E-state index is 12.2. The molecule has 0 bridgehead atoms. The average Bonchev–Trinajstić information content (AvgIpc) is 2.76. The van der Waals surface area contributed by atoms with Crippen molar-refractivity contribution in [1.82, 2.24) is 10.6 Å². The second-order valence-electron chi connectivity index (χ2n) is 5.94. The van der Waals surface area contributed by atoms with E-state index in [4.69, 9.17) is 14.2 Å². The van der Waals surface area contributed by atoms with Crippen LogP contribution >= 0.6 is 24.0 Å². The highest BCUT2D eigenvalue weighted by molar-refractivity contribution is 14.0. The van der Waals surface area contributed by atoms with E-state index in [1.165, 1.54) is 0 Å². The molecule has 8 nitrogen and oxygen atoms in total. The number of amides is 1. The summed E-state index contributed by atoms with van der Waals surface area (Å²) in [4.78, 5) is 16.7. The van der Waals surface area contributed by atoms with Gasteiger partial charge in [-0.1, -0.05) is 6.07 Å². The molecule has 30 heavy (non-hydrogen) atoms. The van der Waals surface area contributed by atoms with Crippen LogP contribution in [0, 0.1) is 0 Å². The van der Waals surface area contributed by atoms with Crippen LogP contribution in [0.2, 0.25) is 0 Å². The number of aliphatic imine (C=N–C) groups is 1. The predicted octanol–water partition coefficient (Wildman–Crippen LogP) is 3.14. The van der Waals surface area contributed by atoms with E-state index in [0.717, 1.165) is 5.69 Å². The van der Waals surface area contributed by atoms with Gasteiger partial charge < -0.3 is 30.2 Å². The number of hydrogen-bond acceptors (Lipinski definition) is 5. The first kappa shape index (κ1) is 25.3. The van der Waals surface area contributed by atoms with Crippen molar-refractivity contribution in [2.75, 3.05) is 46.3 Å². The van der Waals surface area contributed by atoms with Crippen molar-refractivity contribution in [3.63, 3.8) is 0 Å². The smallest absolute Gasteiger partial charge is 0.251 e. The molecule has 1 amide bonds. The highest BCUT2D eigenvalue weighted by atomic mass is 127. The van der Waals surface area contributed by atoms with Crippen LogP contribution in [0.3, 0.4) is 0 Å². The molecule has 9 heteroatoms. The van der Waals surface area contributed by atoms with E-state index in [1.807, 2.05) is 25.1 Å². The number of anilines is 1. The number of benzene rings is 2. The molecule has 0 aliphatic heterocycles. The third kappa shape index (κ3) is 7.62. The minimum atomic E-state index is -0.169. The zero-order valence-electron chi connectivity index (χ0n) is 17.7. The molecule has 0 radical (unpaired) electrons. The van der Waals surface area contributed by atoms with Gasteiger partial charge >= 0.3 is 0 Å². The molecule has 0 unspecified atom stereocenters. The van der Waals surface area contributed by atoms with Gasteiger partial charge in [0.05, 0.1) is 27.9 Å². The minimum Gasteiger partial charge on any atom is -0.497 e. The van der Waals surface area contributed by atoms with E-state index in [2.05, 4.69) is 20.9 Å². The number of nitrogens with one attached hydrogen (secondary N) is 3. The third-order valence-electron chi connectivity index (χ3n) is 3.99. The largest absolute Gasteiger partial charge is 0.497 e. The Morgan fingerprint density at radius 3 is 2.40 bits per heavy atom. The van der Waals surface area contributed by atoms with E-state index in [-0.39, 0.29) is 29.9 Å². The van der Waals surface area contributed by atoms with Crippen LogP contribution in [0.5, 0.6) is 17.2 Å². The van der Waals surface area contributed by atoms with E-state index in [0.29, 0.717) is 48.4 Å². The molecule has 0 saturated heterocycles. The zero-order valence-corrected chi connectivity index (χ0v) is 20.0. The van der Waals surface area contributed by atoms with Crippen molar-refractivity contribution < 1.29 is 19.0 Å². The van der Waals surface area contributed by atoms with E-state index >= 15 is 0 Å². The van der Waals surface area contributed by atoms with Gasteiger partial charge in [0.2, 0.25) is 0 Å². The summed E-state index contributed by atoms with van der Waals surface area (Å²) in [5, 5.41) is 9.24. The summed E-state index contributed by atoms with van der Waals surface area (Å²) >= 11 is 0. The van der Waals surface area contributed by atoms with Gasteiger partial charge in [0.25, 0.3) is 5.91 Å². The van der Waals surface area contributed by atoms with Crippen molar-refractivity contribution in [3.8, 4) is 17.2 Å². The Kier molecular flexibility index (Phi) is 11.4. The second kappa shape index (κ2) is 13.5. The summed E-state index contributed by atoms with van der Waals surface area (Å²) in [6, 6.07) is 12.5. The monoisotopic (exact) mass is 528 g/mol. The van der Waals surface area contributed by atoms with E-state index in [9.17, 15) is 4.79 Å². The van der Waals surface area contributed by atoms with Gasteiger partial charge in [0.1, 0.15) is 5.75 Å². The SMILES string of the molecule is CCNC(=NCCNC(=O)c1cccc(OC)c1)Nc1ccc(OC)c(OC)c1.I. The molecule has 2 aromatic carbocycles. The van der Waals surface area contributed by atoms with Crippen molar-refractivity contribution in [1.29, 1.82) is 0 Å². The third-order valence-corrected chi connectivity index (χ3v) is 3.99. The van der Waals surface area contributed by atoms with Crippen molar-refractivity contribution >= 4 is 41.5 Å². The topological polar surface area (TPSA) is 93.2 Å². The fourth-order valence-electron chi connectivity index (χ4n) is 2.56. The number of carbonyl (C=O) groups is 1. The molecule has 0 aromatic heterocycles. The Labute approximate surface area is 194 Å². The van der Waals surface area contributed by atoms with Gasteiger partial charge in [0, 0.05) is 30.4 Å². The first-order chi connectivity index (χ1) is 14.1. The van der Waals surface area contributed by atoms with Crippen molar-refractivity contribution in [2.24, 2.45) is 4.99 Å². The Morgan fingerprint density at radius 1 is 0.967 bits per heavy atom. The molecular weight excluding hydrogens is 499 g/mol. The summed E-state index contributed by atoms with van der Waals surface area (Å²) in [7, 11) is 4.75. The van der Waals surface area contributed by atoms with Gasteiger partial charge in [-0.05, 0) is 37.3 Å². The van der Waals surface area contributed by atoms with E-state index < -0.39 is 0 Å². The van der Waals surface area contributed by atoms with Gasteiger partial charge in [-0.2, -0.15) is 0 Å². The molecule has 0 saturated carbocycles. The quantitative estimate of drug-likeness (QED) is 0.201. The van der Waals surface area contributed by atoms with Gasteiger partial charge in [-0.15, -0.1) is 24.0 Å². The van der Waals surface area contributed by atoms with Crippen molar-refractivity contribution in [2.45, 2.75) is 6.92 Å². The summed E-state index contributed by atoms with van der Waals surface area (Å²) < 4.78 is 15.7. The molecule has 164 valence electrons. The van der Waals surface area contributed by atoms with Gasteiger partial charge in [-0.3, -0.25) is 9.79 Å². The lowest BCUT2D eigenvalue weighted by Crippen LogP contribution is -2.32. The number of hydrogen-bond donors (Lipinski definition) is 3. The van der Waals surface area contributed by atoms with Gasteiger partial charge in [-0.25, -0.2) is 0 Å². The normalized spacial score (nSPS) is 10.5. The standard InChI is InChI=1S/C21H28N4O4.HI/c1-5-22-21(25-16-9-10-18(28-3)19(14-16)29-4)24-12-11-23-20(26)15-7-6-8-17(13-15)27-2;/h6-10,13-14H,5,11-12H2,1-4H3,(H,23,26)(H2,22,24,25);1H. The lowest BCUT2D eigenvalue weighted by molar-refractivity contribution is 0.0954. The molecular formula is C21H29IN4O4. The summed E-state index contributed by atoms with van der Waals surface area (Å²) in [6.07, 6.45) is 0. The zero-order chi connectivity index (χ0) is 21.1.